The van der Waals surface area contributed by atoms with Crippen molar-refractivity contribution in [2.75, 3.05) is 19.7 Å². The molecule has 0 aromatic heterocycles. The molecule has 16 heavy (non-hydrogen) atoms. The molecule has 3 heteroatoms. The van der Waals surface area contributed by atoms with Gasteiger partial charge in [-0.25, -0.2) is 0 Å². The third kappa shape index (κ3) is 4.81. The van der Waals surface area contributed by atoms with Gasteiger partial charge in [-0.1, -0.05) is 20.8 Å². The Morgan fingerprint density at radius 3 is 2.25 bits per heavy atom. The molecule has 0 saturated carbocycles. The van der Waals surface area contributed by atoms with Crippen molar-refractivity contribution in [3.05, 3.63) is 0 Å². The van der Waals surface area contributed by atoms with Crippen molar-refractivity contribution < 1.29 is 9.47 Å². The van der Waals surface area contributed by atoms with Crippen LogP contribution in [0, 0.1) is 5.41 Å². The van der Waals surface area contributed by atoms with E-state index in [-0.39, 0.29) is 23.2 Å². The lowest BCUT2D eigenvalue weighted by molar-refractivity contribution is -0.133. The summed E-state index contributed by atoms with van der Waals surface area (Å²) in [5.74, 6) is 0. The average Bonchev–Trinajstić information content (AvgIpc) is 2.13. The lowest BCUT2D eigenvalue weighted by Gasteiger charge is -2.39. The summed E-state index contributed by atoms with van der Waals surface area (Å²) in [6, 6.07) is 0. The van der Waals surface area contributed by atoms with Crippen molar-refractivity contribution in [3.8, 4) is 0 Å². The Balaban J connectivity index is 2.39. The van der Waals surface area contributed by atoms with Gasteiger partial charge < -0.3 is 14.8 Å². The molecule has 0 bridgehead atoms. The van der Waals surface area contributed by atoms with Crippen LogP contribution in [0.1, 0.15) is 41.5 Å². The second-order valence-corrected chi connectivity index (χ2v) is 6.69. The fourth-order valence-corrected chi connectivity index (χ4v) is 1.66. The van der Waals surface area contributed by atoms with Crippen molar-refractivity contribution in [2.45, 2.75) is 59.4 Å². The molecule has 0 aromatic carbocycles. The minimum absolute atomic E-state index is 0.0853. The Bertz CT molecular complexity index is 215. The van der Waals surface area contributed by atoms with Crippen molar-refractivity contribution in [2.24, 2.45) is 5.41 Å². The van der Waals surface area contributed by atoms with Crippen LogP contribution in [0.4, 0.5) is 0 Å². The van der Waals surface area contributed by atoms with Gasteiger partial charge in [-0.15, -0.1) is 0 Å². The SMILES string of the molecule is CC(C)(C)OCC1CNCC(C(C)(C)C)O1. The van der Waals surface area contributed by atoms with Gasteiger partial charge in [-0.3, -0.25) is 0 Å². The Morgan fingerprint density at radius 2 is 1.75 bits per heavy atom. The van der Waals surface area contributed by atoms with Gasteiger partial charge in [0.15, 0.2) is 0 Å². The molecular weight excluding hydrogens is 202 g/mol. The summed E-state index contributed by atoms with van der Waals surface area (Å²) in [6.07, 6.45) is 0.451. The first-order chi connectivity index (χ1) is 7.18. The maximum Gasteiger partial charge on any atom is 0.0937 e. The normalized spacial score (nSPS) is 28.1. The van der Waals surface area contributed by atoms with E-state index in [0.29, 0.717) is 6.61 Å². The van der Waals surface area contributed by atoms with E-state index in [9.17, 15) is 0 Å². The average molecular weight is 229 g/mol. The van der Waals surface area contributed by atoms with Crippen LogP contribution in [-0.2, 0) is 9.47 Å². The van der Waals surface area contributed by atoms with Crippen molar-refractivity contribution in [3.63, 3.8) is 0 Å². The van der Waals surface area contributed by atoms with E-state index in [2.05, 4.69) is 46.9 Å². The van der Waals surface area contributed by atoms with Crippen LogP contribution < -0.4 is 5.32 Å². The zero-order chi connectivity index (χ0) is 12.4. The third-order valence-corrected chi connectivity index (χ3v) is 2.73. The number of hydrogen-bond donors (Lipinski definition) is 1. The molecule has 2 unspecified atom stereocenters. The Morgan fingerprint density at radius 1 is 1.12 bits per heavy atom. The predicted molar refractivity (Wildman–Crippen MR) is 66.7 cm³/mol. The van der Waals surface area contributed by atoms with Gasteiger partial charge in [0.1, 0.15) is 0 Å². The highest BCUT2D eigenvalue weighted by atomic mass is 16.6. The van der Waals surface area contributed by atoms with E-state index in [4.69, 9.17) is 9.47 Å². The molecule has 1 aliphatic rings. The molecule has 96 valence electrons. The van der Waals surface area contributed by atoms with Crippen LogP contribution in [0.5, 0.6) is 0 Å². The molecule has 1 fully saturated rings. The van der Waals surface area contributed by atoms with Crippen LogP contribution in [0.3, 0.4) is 0 Å². The molecule has 1 aliphatic heterocycles. The van der Waals surface area contributed by atoms with Crippen LogP contribution in [0.15, 0.2) is 0 Å². The second-order valence-electron chi connectivity index (χ2n) is 6.69. The molecule has 0 amide bonds. The Kier molecular flexibility index (Phi) is 4.38. The number of hydrogen-bond acceptors (Lipinski definition) is 3. The molecule has 1 heterocycles. The maximum absolute atomic E-state index is 6.06. The zero-order valence-electron chi connectivity index (χ0n) is 11.6. The molecule has 0 radical (unpaired) electrons. The largest absolute Gasteiger partial charge is 0.373 e. The lowest BCUT2D eigenvalue weighted by Crippen LogP contribution is -2.51. The van der Waals surface area contributed by atoms with E-state index >= 15 is 0 Å². The van der Waals surface area contributed by atoms with Crippen molar-refractivity contribution in [1.29, 1.82) is 0 Å². The van der Waals surface area contributed by atoms with E-state index < -0.39 is 0 Å². The lowest BCUT2D eigenvalue weighted by atomic mass is 9.88. The molecule has 1 rings (SSSR count). The van der Waals surface area contributed by atoms with Crippen LogP contribution in [-0.4, -0.2) is 37.5 Å². The summed E-state index contributed by atoms with van der Waals surface area (Å²) in [6.45, 7) is 15.4. The van der Waals surface area contributed by atoms with Gasteiger partial charge in [0.25, 0.3) is 0 Å². The molecule has 3 nitrogen and oxygen atoms in total. The molecule has 0 aliphatic carbocycles. The maximum atomic E-state index is 6.06. The topological polar surface area (TPSA) is 30.5 Å². The number of nitrogens with one attached hydrogen (secondary N) is 1. The second kappa shape index (κ2) is 5.03. The first-order valence-electron chi connectivity index (χ1n) is 6.18. The van der Waals surface area contributed by atoms with E-state index in [1.54, 1.807) is 0 Å². The third-order valence-electron chi connectivity index (χ3n) is 2.73. The van der Waals surface area contributed by atoms with E-state index in [0.717, 1.165) is 13.1 Å². The van der Waals surface area contributed by atoms with Crippen LogP contribution >= 0.6 is 0 Å². The summed E-state index contributed by atoms with van der Waals surface area (Å²) >= 11 is 0. The molecule has 0 spiro atoms. The minimum Gasteiger partial charge on any atom is -0.373 e. The minimum atomic E-state index is -0.0853. The molecule has 1 N–H and O–H groups in total. The molecule has 1 saturated heterocycles. The summed E-state index contributed by atoms with van der Waals surface area (Å²) < 4.78 is 11.8. The smallest absolute Gasteiger partial charge is 0.0937 e. The molecule has 2 atom stereocenters. The fraction of sp³-hybridized carbons (Fsp3) is 1.00. The Hall–Kier alpha value is -0.120. The monoisotopic (exact) mass is 229 g/mol. The van der Waals surface area contributed by atoms with Gasteiger partial charge in [0.2, 0.25) is 0 Å². The highest BCUT2D eigenvalue weighted by Crippen LogP contribution is 2.25. The molecule has 0 aromatic rings. The highest BCUT2D eigenvalue weighted by molar-refractivity contribution is 4.83. The first-order valence-corrected chi connectivity index (χ1v) is 6.18. The van der Waals surface area contributed by atoms with Crippen molar-refractivity contribution >= 4 is 0 Å². The van der Waals surface area contributed by atoms with Gasteiger partial charge in [-0.2, -0.15) is 0 Å². The summed E-state index contributed by atoms with van der Waals surface area (Å²) in [7, 11) is 0. The quantitative estimate of drug-likeness (QED) is 0.787. The van der Waals surface area contributed by atoms with Gasteiger partial charge in [0.05, 0.1) is 24.4 Å². The van der Waals surface area contributed by atoms with Gasteiger partial charge in [0, 0.05) is 13.1 Å². The first kappa shape index (κ1) is 13.9. The number of ether oxygens (including phenoxy) is 2. The van der Waals surface area contributed by atoms with Gasteiger partial charge in [-0.05, 0) is 26.2 Å². The van der Waals surface area contributed by atoms with Crippen molar-refractivity contribution in [1.82, 2.24) is 5.32 Å². The predicted octanol–water partition coefficient (Wildman–Crippen LogP) is 2.20. The summed E-state index contributed by atoms with van der Waals surface area (Å²) in [4.78, 5) is 0. The summed E-state index contributed by atoms with van der Waals surface area (Å²) in [5.41, 5.74) is 0.103. The zero-order valence-corrected chi connectivity index (χ0v) is 11.6. The number of rotatable bonds is 2. The molecular formula is C13H27NO2. The van der Waals surface area contributed by atoms with Crippen LogP contribution in [0.2, 0.25) is 0 Å². The highest BCUT2D eigenvalue weighted by Gasteiger charge is 2.31. The Labute approximate surface area is 99.9 Å². The van der Waals surface area contributed by atoms with Gasteiger partial charge >= 0.3 is 0 Å². The standard InChI is InChI=1S/C13H27NO2/c1-12(2,3)11-8-14-7-10(16-11)9-15-13(4,5)6/h10-11,14H,7-9H2,1-6H3. The summed E-state index contributed by atoms with van der Waals surface area (Å²) in [5, 5.41) is 3.42. The number of morpholine rings is 1. The van der Waals surface area contributed by atoms with E-state index in [1.165, 1.54) is 0 Å². The van der Waals surface area contributed by atoms with Crippen LogP contribution in [0.25, 0.3) is 0 Å². The van der Waals surface area contributed by atoms with E-state index in [1.807, 2.05) is 0 Å². The fourth-order valence-electron chi connectivity index (χ4n) is 1.66.